The standard InChI is InChI=1S/C6H6Cl3N3/c1-3-4(10)2-11-5(12-3)6(7,8)9/h2H,10H2,1H3. The first-order valence-electron chi connectivity index (χ1n) is 3.07. The molecule has 0 bridgehead atoms. The van der Waals surface area contributed by atoms with Crippen molar-refractivity contribution >= 4 is 40.5 Å². The highest BCUT2D eigenvalue weighted by molar-refractivity contribution is 6.66. The molecule has 0 aliphatic carbocycles. The Hall–Kier alpha value is -0.250. The maximum atomic E-state index is 5.55. The van der Waals surface area contributed by atoms with Gasteiger partial charge in [0, 0.05) is 0 Å². The lowest BCUT2D eigenvalue weighted by Crippen LogP contribution is -2.09. The summed E-state index contributed by atoms with van der Waals surface area (Å²) in [6, 6.07) is 0. The number of aryl methyl sites for hydroxylation is 1. The third kappa shape index (κ3) is 2.12. The minimum absolute atomic E-state index is 0.138. The van der Waals surface area contributed by atoms with E-state index in [1.165, 1.54) is 6.20 Å². The number of nitrogen functional groups attached to an aromatic ring is 1. The monoisotopic (exact) mass is 225 g/mol. The second kappa shape index (κ2) is 3.24. The highest BCUT2D eigenvalue weighted by Gasteiger charge is 2.26. The van der Waals surface area contributed by atoms with Gasteiger partial charge in [-0.3, -0.25) is 0 Å². The Bertz CT molecular complexity index is 295. The van der Waals surface area contributed by atoms with Crippen LogP contribution in [-0.2, 0) is 3.79 Å². The fourth-order valence-electron chi connectivity index (χ4n) is 0.613. The summed E-state index contributed by atoms with van der Waals surface area (Å²) in [4.78, 5) is 7.69. The van der Waals surface area contributed by atoms with Crippen LogP contribution in [-0.4, -0.2) is 9.97 Å². The van der Waals surface area contributed by atoms with Crippen LogP contribution in [0, 0.1) is 6.92 Å². The largest absolute Gasteiger partial charge is 0.396 e. The molecule has 1 rings (SSSR count). The van der Waals surface area contributed by atoms with E-state index in [1.807, 2.05) is 0 Å². The van der Waals surface area contributed by atoms with Crippen molar-refractivity contribution in [2.75, 3.05) is 5.73 Å². The average Bonchev–Trinajstić information content (AvgIpc) is 1.92. The predicted octanol–water partition coefficient (Wildman–Crippen LogP) is 2.19. The molecule has 0 radical (unpaired) electrons. The first-order chi connectivity index (χ1) is 5.41. The molecule has 0 unspecified atom stereocenters. The van der Waals surface area contributed by atoms with Gasteiger partial charge >= 0.3 is 0 Å². The van der Waals surface area contributed by atoms with Gasteiger partial charge in [0.25, 0.3) is 0 Å². The zero-order valence-corrected chi connectivity index (χ0v) is 8.45. The van der Waals surface area contributed by atoms with E-state index in [-0.39, 0.29) is 5.82 Å². The molecule has 0 atom stereocenters. The average molecular weight is 226 g/mol. The van der Waals surface area contributed by atoms with Crippen LogP contribution in [0.1, 0.15) is 11.5 Å². The number of hydrogen-bond donors (Lipinski definition) is 1. The van der Waals surface area contributed by atoms with Crippen LogP contribution in [0.2, 0.25) is 0 Å². The molecule has 0 aromatic carbocycles. The quantitative estimate of drug-likeness (QED) is 0.690. The molecule has 0 aliphatic heterocycles. The van der Waals surface area contributed by atoms with Gasteiger partial charge in [-0.15, -0.1) is 0 Å². The summed E-state index contributed by atoms with van der Waals surface area (Å²) in [5.74, 6) is 0.138. The summed E-state index contributed by atoms with van der Waals surface area (Å²) in [6.07, 6.45) is 1.42. The fourth-order valence-corrected chi connectivity index (χ4v) is 0.886. The molecule has 6 heteroatoms. The number of rotatable bonds is 0. The van der Waals surface area contributed by atoms with E-state index in [2.05, 4.69) is 9.97 Å². The van der Waals surface area contributed by atoms with Crippen LogP contribution in [0.5, 0.6) is 0 Å². The van der Waals surface area contributed by atoms with Crippen LogP contribution in [0.15, 0.2) is 6.20 Å². The molecule has 0 amide bonds. The summed E-state index contributed by atoms with van der Waals surface area (Å²) in [6.45, 7) is 1.72. The molecular formula is C6H6Cl3N3. The summed E-state index contributed by atoms with van der Waals surface area (Å²) in [5.41, 5.74) is 6.56. The number of halogens is 3. The molecule has 0 saturated heterocycles. The van der Waals surface area contributed by atoms with Gasteiger partial charge in [0.1, 0.15) is 0 Å². The van der Waals surface area contributed by atoms with Gasteiger partial charge in [-0.1, -0.05) is 34.8 Å². The Morgan fingerprint density at radius 3 is 2.42 bits per heavy atom. The Kier molecular flexibility index (Phi) is 2.66. The second-order valence-corrected chi connectivity index (χ2v) is 4.51. The molecule has 0 aliphatic rings. The molecule has 2 N–H and O–H groups in total. The van der Waals surface area contributed by atoms with Crippen molar-refractivity contribution in [3.63, 3.8) is 0 Å². The molecular weight excluding hydrogens is 220 g/mol. The van der Waals surface area contributed by atoms with E-state index in [1.54, 1.807) is 6.92 Å². The number of aromatic nitrogens is 2. The van der Waals surface area contributed by atoms with E-state index in [9.17, 15) is 0 Å². The molecule has 1 aromatic heterocycles. The summed E-state index contributed by atoms with van der Waals surface area (Å²) >= 11 is 16.6. The molecule has 0 spiro atoms. The van der Waals surface area contributed by atoms with Gasteiger partial charge in [-0.05, 0) is 6.92 Å². The summed E-state index contributed by atoms with van der Waals surface area (Å²) in [7, 11) is 0. The predicted molar refractivity (Wildman–Crippen MR) is 50.4 cm³/mol. The highest BCUT2D eigenvalue weighted by atomic mass is 35.6. The van der Waals surface area contributed by atoms with Crippen LogP contribution >= 0.6 is 34.8 Å². The molecule has 0 fully saturated rings. The maximum absolute atomic E-state index is 5.55. The van der Waals surface area contributed by atoms with Gasteiger partial charge in [-0.2, -0.15) is 0 Å². The van der Waals surface area contributed by atoms with E-state index in [0.29, 0.717) is 11.4 Å². The molecule has 1 aromatic rings. The van der Waals surface area contributed by atoms with Gasteiger partial charge in [-0.25, -0.2) is 9.97 Å². The molecule has 1 heterocycles. The van der Waals surface area contributed by atoms with Crippen LogP contribution in [0.4, 0.5) is 5.69 Å². The molecule has 12 heavy (non-hydrogen) atoms. The van der Waals surface area contributed by atoms with Gasteiger partial charge < -0.3 is 5.73 Å². The molecule has 0 saturated carbocycles. The Morgan fingerprint density at radius 2 is 2.00 bits per heavy atom. The fraction of sp³-hybridized carbons (Fsp3) is 0.333. The number of alkyl halides is 3. The van der Waals surface area contributed by atoms with Gasteiger partial charge in [0.2, 0.25) is 3.79 Å². The van der Waals surface area contributed by atoms with E-state index < -0.39 is 3.79 Å². The third-order valence-electron chi connectivity index (χ3n) is 1.27. The maximum Gasteiger partial charge on any atom is 0.250 e. The molecule has 3 nitrogen and oxygen atoms in total. The third-order valence-corrected chi connectivity index (χ3v) is 1.78. The summed E-state index contributed by atoms with van der Waals surface area (Å²) < 4.78 is -1.58. The highest BCUT2D eigenvalue weighted by Crippen LogP contribution is 2.35. The van der Waals surface area contributed by atoms with Crippen molar-refractivity contribution in [1.29, 1.82) is 0 Å². The van der Waals surface area contributed by atoms with Gasteiger partial charge in [0.15, 0.2) is 5.82 Å². The number of nitrogens with zero attached hydrogens (tertiary/aromatic N) is 2. The van der Waals surface area contributed by atoms with E-state index >= 15 is 0 Å². The van der Waals surface area contributed by atoms with Crippen molar-refractivity contribution in [2.24, 2.45) is 0 Å². The lowest BCUT2D eigenvalue weighted by molar-refractivity contribution is 0.946. The van der Waals surface area contributed by atoms with Crippen molar-refractivity contribution in [2.45, 2.75) is 10.7 Å². The Morgan fingerprint density at radius 1 is 1.42 bits per heavy atom. The first kappa shape index (κ1) is 9.84. The molecule has 66 valence electrons. The minimum Gasteiger partial charge on any atom is -0.396 e. The number of anilines is 1. The van der Waals surface area contributed by atoms with Crippen molar-refractivity contribution < 1.29 is 0 Å². The van der Waals surface area contributed by atoms with E-state index in [0.717, 1.165) is 0 Å². The lowest BCUT2D eigenvalue weighted by atomic mass is 10.4. The second-order valence-electron chi connectivity index (χ2n) is 2.23. The van der Waals surface area contributed by atoms with E-state index in [4.69, 9.17) is 40.5 Å². The zero-order chi connectivity index (χ0) is 9.35. The van der Waals surface area contributed by atoms with Crippen molar-refractivity contribution in [1.82, 2.24) is 9.97 Å². The first-order valence-corrected chi connectivity index (χ1v) is 4.21. The van der Waals surface area contributed by atoms with Crippen molar-refractivity contribution in [3.05, 3.63) is 17.7 Å². The topological polar surface area (TPSA) is 51.8 Å². The van der Waals surface area contributed by atoms with Crippen molar-refractivity contribution in [3.8, 4) is 0 Å². The minimum atomic E-state index is -1.58. The SMILES string of the molecule is Cc1nc(C(Cl)(Cl)Cl)ncc1N. The zero-order valence-electron chi connectivity index (χ0n) is 6.18. The van der Waals surface area contributed by atoms with Gasteiger partial charge in [0.05, 0.1) is 17.6 Å². The van der Waals surface area contributed by atoms with Crippen LogP contribution in [0.3, 0.4) is 0 Å². The normalized spacial score (nSPS) is 11.7. The lowest BCUT2D eigenvalue weighted by Gasteiger charge is -2.09. The Labute approximate surface area is 84.9 Å². The Balaban J connectivity index is 3.14. The summed E-state index contributed by atoms with van der Waals surface area (Å²) in [5, 5.41) is 0. The van der Waals surface area contributed by atoms with Crippen LogP contribution in [0.25, 0.3) is 0 Å². The smallest absolute Gasteiger partial charge is 0.250 e. The number of nitrogens with two attached hydrogens (primary N) is 1. The number of hydrogen-bond acceptors (Lipinski definition) is 3. The van der Waals surface area contributed by atoms with Crippen LogP contribution < -0.4 is 5.73 Å².